The van der Waals surface area contributed by atoms with Gasteiger partial charge in [-0.2, -0.15) is 0 Å². The van der Waals surface area contributed by atoms with Crippen LogP contribution in [-0.4, -0.2) is 64.7 Å². The van der Waals surface area contributed by atoms with Gasteiger partial charge in [-0.3, -0.25) is 14.6 Å². The largest absolute Gasteiger partial charge is 0.573 e. The van der Waals surface area contributed by atoms with Crippen molar-refractivity contribution in [1.29, 1.82) is 0 Å². The molecule has 0 spiro atoms. The highest BCUT2D eigenvalue weighted by Crippen LogP contribution is 2.23. The molecule has 1 unspecified atom stereocenters. The number of ether oxygens (including phenoxy) is 2. The molecule has 0 bridgehead atoms. The summed E-state index contributed by atoms with van der Waals surface area (Å²) in [6.45, 7) is 4.33. The Balaban J connectivity index is 1.68. The first-order valence-corrected chi connectivity index (χ1v) is 10.4. The van der Waals surface area contributed by atoms with Gasteiger partial charge in [-0.1, -0.05) is 12.1 Å². The number of benzene rings is 1. The van der Waals surface area contributed by atoms with E-state index in [1.54, 1.807) is 10.4 Å². The van der Waals surface area contributed by atoms with Crippen molar-refractivity contribution in [2.75, 3.05) is 19.6 Å². The molecule has 168 valence electrons. The molecule has 0 saturated carbocycles. The van der Waals surface area contributed by atoms with E-state index in [1.807, 2.05) is 13.8 Å². The fourth-order valence-electron chi connectivity index (χ4n) is 3.18. The van der Waals surface area contributed by atoms with Crippen LogP contribution in [0.5, 0.6) is 5.75 Å². The highest BCUT2D eigenvalue weighted by molar-refractivity contribution is 7.11. The Morgan fingerprint density at radius 2 is 1.97 bits per heavy atom. The molecule has 7 nitrogen and oxygen atoms in total. The Labute approximate surface area is 181 Å². The SMILES string of the molecule is CC(C)N1CC(OCc2ccc(OC(F)(F)F)cc2)CN(C(=O)c2cncs2)CC1=O. The molecule has 11 heteroatoms. The third kappa shape index (κ3) is 6.41. The second kappa shape index (κ2) is 9.65. The lowest BCUT2D eigenvalue weighted by Crippen LogP contribution is -2.42. The Bertz CT molecular complexity index is 888. The maximum Gasteiger partial charge on any atom is 0.573 e. The van der Waals surface area contributed by atoms with Crippen LogP contribution in [0.15, 0.2) is 36.0 Å². The summed E-state index contributed by atoms with van der Waals surface area (Å²) >= 11 is 1.20. The molecule has 1 atom stereocenters. The van der Waals surface area contributed by atoms with Gasteiger partial charge >= 0.3 is 6.36 Å². The van der Waals surface area contributed by atoms with Gasteiger partial charge in [0, 0.05) is 19.1 Å². The minimum atomic E-state index is -4.75. The van der Waals surface area contributed by atoms with Crippen LogP contribution in [0.2, 0.25) is 0 Å². The van der Waals surface area contributed by atoms with E-state index < -0.39 is 12.5 Å². The number of aromatic nitrogens is 1. The number of halogens is 3. The average Bonchev–Trinajstić information content (AvgIpc) is 3.17. The first kappa shape index (κ1) is 23.0. The quantitative estimate of drug-likeness (QED) is 0.666. The van der Waals surface area contributed by atoms with Crippen LogP contribution in [0.3, 0.4) is 0 Å². The number of thiazole rings is 1. The minimum absolute atomic E-state index is 0.0573. The Morgan fingerprint density at radius 1 is 1.26 bits per heavy atom. The van der Waals surface area contributed by atoms with E-state index in [1.165, 1.54) is 46.7 Å². The Morgan fingerprint density at radius 3 is 2.55 bits per heavy atom. The predicted octanol–water partition coefficient (Wildman–Crippen LogP) is 3.32. The number of nitrogens with zero attached hydrogens (tertiary/aromatic N) is 3. The number of hydrogen-bond donors (Lipinski definition) is 0. The molecule has 3 rings (SSSR count). The number of amides is 2. The molecular formula is C20H22F3N3O4S. The molecule has 2 aromatic rings. The van der Waals surface area contributed by atoms with Gasteiger partial charge in [0.1, 0.15) is 17.2 Å². The minimum Gasteiger partial charge on any atom is -0.406 e. The summed E-state index contributed by atoms with van der Waals surface area (Å²) in [6.07, 6.45) is -3.75. The molecule has 2 amide bonds. The molecule has 1 fully saturated rings. The summed E-state index contributed by atoms with van der Waals surface area (Å²) < 4.78 is 46.7. The normalized spacial score (nSPS) is 17.7. The first-order valence-electron chi connectivity index (χ1n) is 9.56. The summed E-state index contributed by atoms with van der Waals surface area (Å²) in [5.41, 5.74) is 2.19. The lowest BCUT2D eigenvalue weighted by molar-refractivity contribution is -0.274. The van der Waals surface area contributed by atoms with E-state index >= 15 is 0 Å². The second-order valence-electron chi connectivity index (χ2n) is 7.32. The number of hydrogen-bond acceptors (Lipinski definition) is 6. The highest BCUT2D eigenvalue weighted by Gasteiger charge is 2.33. The third-order valence-electron chi connectivity index (χ3n) is 4.67. The van der Waals surface area contributed by atoms with E-state index in [2.05, 4.69) is 9.72 Å². The summed E-state index contributed by atoms with van der Waals surface area (Å²) in [4.78, 5) is 32.9. The van der Waals surface area contributed by atoms with E-state index in [9.17, 15) is 22.8 Å². The number of carbonyl (C=O) groups excluding carboxylic acids is 2. The van der Waals surface area contributed by atoms with Gasteiger partial charge in [-0.15, -0.1) is 24.5 Å². The van der Waals surface area contributed by atoms with Crippen LogP contribution < -0.4 is 4.74 Å². The Kier molecular flexibility index (Phi) is 7.16. The van der Waals surface area contributed by atoms with Crippen molar-refractivity contribution in [2.24, 2.45) is 0 Å². The fourth-order valence-corrected chi connectivity index (χ4v) is 3.77. The van der Waals surface area contributed by atoms with Crippen LogP contribution >= 0.6 is 11.3 Å². The molecule has 1 saturated heterocycles. The van der Waals surface area contributed by atoms with Crippen molar-refractivity contribution in [3.63, 3.8) is 0 Å². The summed E-state index contributed by atoms with van der Waals surface area (Å²) in [5.74, 6) is -0.778. The molecule has 0 radical (unpaired) electrons. The molecule has 2 heterocycles. The van der Waals surface area contributed by atoms with Gasteiger partial charge in [0.25, 0.3) is 5.91 Å². The maximum atomic E-state index is 12.8. The molecule has 1 aromatic carbocycles. The lowest BCUT2D eigenvalue weighted by atomic mass is 10.2. The van der Waals surface area contributed by atoms with Gasteiger partial charge in [-0.05, 0) is 31.5 Å². The lowest BCUT2D eigenvalue weighted by Gasteiger charge is -2.27. The maximum absolute atomic E-state index is 12.8. The predicted molar refractivity (Wildman–Crippen MR) is 107 cm³/mol. The molecular weight excluding hydrogens is 435 g/mol. The number of carbonyl (C=O) groups is 2. The van der Waals surface area contributed by atoms with Crippen molar-refractivity contribution in [3.8, 4) is 5.75 Å². The first-order chi connectivity index (χ1) is 14.6. The highest BCUT2D eigenvalue weighted by atomic mass is 32.1. The molecule has 1 aromatic heterocycles. The Hall–Kier alpha value is -2.66. The van der Waals surface area contributed by atoms with Gasteiger partial charge in [-0.25, -0.2) is 0 Å². The van der Waals surface area contributed by atoms with Gasteiger partial charge < -0.3 is 19.3 Å². The van der Waals surface area contributed by atoms with Gasteiger partial charge in [0.2, 0.25) is 5.91 Å². The van der Waals surface area contributed by atoms with Crippen LogP contribution in [0.25, 0.3) is 0 Å². The summed E-state index contributed by atoms with van der Waals surface area (Å²) in [5, 5.41) is 0. The standard InChI is InChI=1S/C20H22F3N3O4S/c1-13(2)26-9-16(8-25(10-18(26)27)19(28)17-7-24-12-31-17)29-11-14-3-5-15(6-4-14)30-20(21,22)23/h3-7,12-13,16H,8-11H2,1-2H3. The zero-order valence-corrected chi connectivity index (χ0v) is 17.8. The molecule has 1 aliphatic heterocycles. The van der Waals surface area contributed by atoms with Crippen LogP contribution in [0.4, 0.5) is 13.2 Å². The monoisotopic (exact) mass is 457 g/mol. The molecule has 0 N–H and O–H groups in total. The molecule has 31 heavy (non-hydrogen) atoms. The zero-order chi connectivity index (χ0) is 22.6. The smallest absolute Gasteiger partial charge is 0.406 e. The molecule has 0 aliphatic carbocycles. The number of alkyl halides is 3. The second-order valence-corrected chi connectivity index (χ2v) is 8.20. The van der Waals surface area contributed by atoms with Crippen LogP contribution in [-0.2, 0) is 16.1 Å². The van der Waals surface area contributed by atoms with E-state index in [4.69, 9.17) is 4.74 Å². The summed E-state index contributed by atoms with van der Waals surface area (Å²) in [6, 6.07) is 5.30. The van der Waals surface area contributed by atoms with Crippen LogP contribution in [0.1, 0.15) is 29.1 Å². The van der Waals surface area contributed by atoms with E-state index in [0.717, 1.165) is 0 Å². The van der Waals surface area contributed by atoms with E-state index in [0.29, 0.717) is 17.0 Å². The van der Waals surface area contributed by atoms with Crippen molar-refractivity contribution < 1.29 is 32.2 Å². The van der Waals surface area contributed by atoms with Crippen molar-refractivity contribution in [2.45, 2.75) is 39.0 Å². The fraction of sp³-hybridized carbons (Fsp3) is 0.450. The van der Waals surface area contributed by atoms with Crippen LogP contribution in [0, 0.1) is 0 Å². The van der Waals surface area contributed by atoms with Gasteiger partial charge in [0.05, 0.1) is 24.4 Å². The zero-order valence-electron chi connectivity index (χ0n) is 17.0. The molecule has 1 aliphatic rings. The van der Waals surface area contributed by atoms with Gasteiger partial charge in [0.15, 0.2) is 0 Å². The van der Waals surface area contributed by atoms with Crippen molar-refractivity contribution in [3.05, 3.63) is 46.4 Å². The topological polar surface area (TPSA) is 72.0 Å². The van der Waals surface area contributed by atoms with Crippen molar-refractivity contribution in [1.82, 2.24) is 14.8 Å². The van der Waals surface area contributed by atoms with E-state index in [-0.39, 0.29) is 43.3 Å². The summed E-state index contributed by atoms with van der Waals surface area (Å²) in [7, 11) is 0. The number of rotatable bonds is 6. The average molecular weight is 457 g/mol. The third-order valence-corrected chi connectivity index (χ3v) is 5.43. The van der Waals surface area contributed by atoms with Crippen molar-refractivity contribution >= 4 is 23.2 Å².